The minimum absolute atomic E-state index is 0.0167. The highest BCUT2D eigenvalue weighted by atomic mass is 16.4. The zero-order valence-electron chi connectivity index (χ0n) is 30.5. The summed E-state index contributed by atoms with van der Waals surface area (Å²) < 4.78 is 0. The van der Waals surface area contributed by atoms with Gasteiger partial charge in [-0.1, -0.05) is 49.8 Å². The number of carboxylic acids is 1. The third kappa shape index (κ3) is 17.4. The van der Waals surface area contributed by atoms with E-state index in [9.17, 15) is 33.9 Å². The molecular formula is C36H60N8O7. The van der Waals surface area contributed by atoms with Crippen LogP contribution in [0, 0.1) is 12.8 Å². The largest absolute Gasteiger partial charge is 0.480 e. The van der Waals surface area contributed by atoms with E-state index in [1.165, 1.54) is 13.0 Å². The fourth-order valence-corrected chi connectivity index (χ4v) is 5.18. The SMILES string of the molecule is C=CC[C@H](NC(=O)[C@H](CCCCN)NC(=O)[C@H](CCCCN)NC(=O)[C@H](C)N)C(=O)N[C@@H](Cc1ccc(C)cc1)C(=O)N[C@@H](CC(C)C)C(=O)O. The Labute approximate surface area is 301 Å². The Hall–Kier alpha value is -4.34. The van der Waals surface area contributed by atoms with Crippen molar-refractivity contribution in [2.75, 3.05) is 13.1 Å². The van der Waals surface area contributed by atoms with Gasteiger partial charge in [-0.15, -0.1) is 6.58 Å². The number of nitrogens with one attached hydrogen (secondary N) is 5. The molecule has 1 aromatic rings. The van der Waals surface area contributed by atoms with E-state index in [1.807, 2.05) is 45.0 Å². The lowest BCUT2D eigenvalue weighted by molar-refractivity contribution is -0.142. The van der Waals surface area contributed by atoms with E-state index in [4.69, 9.17) is 17.2 Å². The number of hydrogen-bond donors (Lipinski definition) is 9. The van der Waals surface area contributed by atoms with Crippen LogP contribution in [0.5, 0.6) is 0 Å². The number of carbonyl (C=O) groups is 6. The number of carboxylic acid groups (broad SMARTS) is 1. The quantitative estimate of drug-likeness (QED) is 0.0493. The van der Waals surface area contributed by atoms with Crippen molar-refractivity contribution < 1.29 is 33.9 Å². The lowest BCUT2D eigenvalue weighted by Crippen LogP contribution is -2.59. The Bertz CT molecular complexity index is 1290. The second kappa shape index (κ2) is 24.0. The summed E-state index contributed by atoms with van der Waals surface area (Å²) in [6.45, 7) is 11.5. The third-order valence-corrected chi connectivity index (χ3v) is 8.12. The Balaban J connectivity index is 3.29. The van der Waals surface area contributed by atoms with Gasteiger partial charge in [0.2, 0.25) is 29.5 Å². The first-order valence-corrected chi connectivity index (χ1v) is 17.7. The molecule has 0 aromatic heterocycles. The maximum atomic E-state index is 13.7. The van der Waals surface area contributed by atoms with Crippen molar-refractivity contribution >= 4 is 35.5 Å². The number of hydrogen-bond acceptors (Lipinski definition) is 9. The lowest BCUT2D eigenvalue weighted by Gasteiger charge is -2.27. The first-order chi connectivity index (χ1) is 24.1. The molecule has 5 amide bonds. The Morgan fingerprint density at radius 3 is 1.57 bits per heavy atom. The molecule has 286 valence electrons. The zero-order valence-corrected chi connectivity index (χ0v) is 30.5. The number of amides is 5. The predicted molar refractivity (Wildman–Crippen MR) is 196 cm³/mol. The van der Waals surface area contributed by atoms with Crippen molar-refractivity contribution in [1.29, 1.82) is 0 Å². The lowest BCUT2D eigenvalue weighted by atomic mass is 10.0. The number of carbonyl (C=O) groups excluding carboxylic acids is 5. The van der Waals surface area contributed by atoms with Gasteiger partial charge in [0.05, 0.1) is 6.04 Å². The molecule has 0 saturated heterocycles. The number of aliphatic carboxylic acids is 1. The van der Waals surface area contributed by atoms with E-state index in [0.717, 1.165) is 11.1 Å². The molecule has 0 aliphatic rings. The molecule has 0 unspecified atom stereocenters. The molecule has 0 aliphatic carbocycles. The topological polar surface area (TPSA) is 261 Å². The van der Waals surface area contributed by atoms with Gasteiger partial charge in [0.15, 0.2) is 0 Å². The summed E-state index contributed by atoms with van der Waals surface area (Å²) in [7, 11) is 0. The summed E-state index contributed by atoms with van der Waals surface area (Å²) in [6, 6.07) is 0.857. The molecule has 1 rings (SSSR count). The molecule has 0 heterocycles. The van der Waals surface area contributed by atoms with Gasteiger partial charge < -0.3 is 48.9 Å². The number of nitrogens with two attached hydrogens (primary N) is 3. The number of rotatable bonds is 25. The second-order valence-electron chi connectivity index (χ2n) is 13.3. The maximum Gasteiger partial charge on any atom is 0.326 e. The van der Waals surface area contributed by atoms with Gasteiger partial charge in [0.1, 0.15) is 30.2 Å². The summed E-state index contributed by atoms with van der Waals surface area (Å²) in [4.78, 5) is 78.6. The maximum absolute atomic E-state index is 13.7. The zero-order chi connectivity index (χ0) is 38.5. The van der Waals surface area contributed by atoms with E-state index in [2.05, 4.69) is 33.2 Å². The average molecular weight is 717 g/mol. The van der Waals surface area contributed by atoms with Gasteiger partial charge in [-0.25, -0.2) is 4.79 Å². The summed E-state index contributed by atoms with van der Waals surface area (Å²) >= 11 is 0. The summed E-state index contributed by atoms with van der Waals surface area (Å²) in [5, 5.41) is 23.0. The molecule has 15 nitrogen and oxygen atoms in total. The van der Waals surface area contributed by atoms with Crippen LogP contribution < -0.4 is 43.8 Å². The summed E-state index contributed by atoms with van der Waals surface area (Å²) in [5.74, 6) is -4.41. The van der Waals surface area contributed by atoms with Crippen LogP contribution in [0.4, 0.5) is 0 Å². The van der Waals surface area contributed by atoms with Crippen LogP contribution in [-0.4, -0.2) is 90.0 Å². The van der Waals surface area contributed by atoms with Crippen LogP contribution in [0.15, 0.2) is 36.9 Å². The first-order valence-electron chi connectivity index (χ1n) is 17.7. The van der Waals surface area contributed by atoms with Gasteiger partial charge in [0.25, 0.3) is 0 Å². The van der Waals surface area contributed by atoms with Crippen molar-refractivity contribution in [1.82, 2.24) is 26.6 Å². The van der Waals surface area contributed by atoms with Crippen LogP contribution in [0.2, 0.25) is 0 Å². The highest BCUT2D eigenvalue weighted by Gasteiger charge is 2.32. The summed E-state index contributed by atoms with van der Waals surface area (Å²) in [6.07, 6.45) is 4.33. The van der Waals surface area contributed by atoms with Crippen LogP contribution >= 0.6 is 0 Å². The molecule has 0 spiro atoms. The molecule has 0 fully saturated rings. The smallest absolute Gasteiger partial charge is 0.326 e. The number of unbranched alkanes of at least 4 members (excludes halogenated alkanes) is 2. The first kappa shape index (κ1) is 44.7. The average Bonchev–Trinajstić information content (AvgIpc) is 3.07. The van der Waals surface area contributed by atoms with E-state index >= 15 is 0 Å². The standard InChI is InChI=1S/C36H60N8O7/c1-6-11-26(32(46)43-29(21-25-16-14-23(4)15-17-25)35(49)44-30(36(50)51)20-22(2)3)41-34(48)28(13-8-10-19-38)42-33(47)27(12-7-9-18-37)40-31(45)24(5)39/h6,14-17,22,24,26-30H,1,7-13,18-21,37-39H2,2-5H3,(H,40,45)(H,41,48)(H,42,47)(H,43,46)(H,44,49)(H,50,51)/t24-,26-,27-,28-,29-,30-/m0/s1. The van der Waals surface area contributed by atoms with Crippen LogP contribution in [0.25, 0.3) is 0 Å². The van der Waals surface area contributed by atoms with Crippen molar-refractivity contribution in [3.8, 4) is 0 Å². The summed E-state index contributed by atoms with van der Waals surface area (Å²) in [5.41, 5.74) is 18.7. The number of benzene rings is 1. The molecule has 0 saturated carbocycles. The highest BCUT2D eigenvalue weighted by Crippen LogP contribution is 2.11. The minimum Gasteiger partial charge on any atom is -0.480 e. The Morgan fingerprint density at radius 1 is 0.686 bits per heavy atom. The molecule has 0 radical (unpaired) electrons. The van der Waals surface area contributed by atoms with E-state index < -0.39 is 71.8 Å². The Kier molecular flexibility index (Phi) is 21.0. The minimum atomic E-state index is -1.20. The van der Waals surface area contributed by atoms with Crippen LogP contribution in [0.3, 0.4) is 0 Å². The van der Waals surface area contributed by atoms with E-state index in [0.29, 0.717) is 38.8 Å². The fraction of sp³-hybridized carbons (Fsp3) is 0.611. The monoisotopic (exact) mass is 716 g/mol. The van der Waals surface area contributed by atoms with Crippen LogP contribution in [0.1, 0.15) is 83.3 Å². The van der Waals surface area contributed by atoms with Gasteiger partial charge in [-0.3, -0.25) is 24.0 Å². The third-order valence-electron chi connectivity index (χ3n) is 8.12. The van der Waals surface area contributed by atoms with Gasteiger partial charge >= 0.3 is 5.97 Å². The molecule has 51 heavy (non-hydrogen) atoms. The van der Waals surface area contributed by atoms with Crippen molar-refractivity contribution in [3.05, 3.63) is 48.0 Å². The molecule has 0 aliphatic heterocycles. The van der Waals surface area contributed by atoms with E-state index in [-0.39, 0.29) is 38.0 Å². The van der Waals surface area contributed by atoms with Crippen molar-refractivity contribution in [2.24, 2.45) is 23.1 Å². The normalized spacial score (nSPS) is 14.6. The Morgan fingerprint density at radius 2 is 1.12 bits per heavy atom. The molecular weight excluding hydrogens is 656 g/mol. The van der Waals surface area contributed by atoms with Crippen LogP contribution in [-0.2, 0) is 35.2 Å². The molecule has 15 heteroatoms. The molecule has 1 aromatic carbocycles. The van der Waals surface area contributed by atoms with Gasteiger partial charge in [0, 0.05) is 6.42 Å². The predicted octanol–water partition coefficient (Wildman–Crippen LogP) is 0.274. The van der Waals surface area contributed by atoms with Gasteiger partial charge in [-0.2, -0.15) is 0 Å². The van der Waals surface area contributed by atoms with Crippen molar-refractivity contribution in [2.45, 2.75) is 122 Å². The molecule has 0 bridgehead atoms. The second-order valence-corrected chi connectivity index (χ2v) is 13.3. The molecule has 12 N–H and O–H groups in total. The van der Waals surface area contributed by atoms with E-state index in [1.54, 1.807) is 0 Å². The van der Waals surface area contributed by atoms with Crippen molar-refractivity contribution in [3.63, 3.8) is 0 Å². The molecule has 6 atom stereocenters. The highest BCUT2D eigenvalue weighted by molar-refractivity contribution is 5.96. The van der Waals surface area contributed by atoms with Gasteiger partial charge in [-0.05, 0) is 89.8 Å². The fourth-order valence-electron chi connectivity index (χ4n) is 5.18. The number of aryl methyl sites for hydroxylation is 1.